The van der Waals surface area contributed by atoms with Crippen LogP contribution in [-0.2, 0) is 6.61 Å². The number of fused-ring (bicyclic) bond motifs is 1. The Bertz CT molecular complexity index is 927. The summed E-state index contributed by atoms with van der Waals surface area (Å²) in [7, 11) is 1.38. The van der Waals surface area contributed by atoms with Crippen molar-refractivity contribution in [2.75, 3.05) is 7.11 Å². The van der Waals surface area contributed by atoms with Crippen molar-refractivity contribution in [3.05, 3.63) is 58.4 Å². The zero-order valence-electron chi connectivity index (χ0n) is 13.1. The van der Waals surface area contributed by atoms with Gasteiger partial charge in [0, 0.05) is 0 Å². The van der Waals surface area contributed by atoms with Gasteiger partial charge in [-0.05, 0) is 24.3 Å². The van der Waals surface area contributed by atoms with Crippen LogP contribution in [0.4, 0.5) is 14.5 Å². The largest absolute Gasteiger partial charge is 0.496 e. The lowest BCUT2D eigenvalue weighted by atomic mass is 10.3. The van der Waals surface area contributed by atoms with Crippen molar-refractivity contribution in [2.24, 2.45) is 0 Å². The number of alkyl halides is 2. The summed E-state index contributed by atoms with van der Waals surface area (Å²) in [5, 5.41) is 11.1. The Kier molecular flexibility index (Phi) is 4.46. The second-order valence-corrected chi connectivity index (χ2v) is 5.04. The minimum Gasteiger partial charge on any atom is -0.496 e. The third kappa shape index (κ3) is 3.21. The first-order valence-electron chi connectivity index (χ1n) is 7.20. The number of halogens is 2. The summed E-state index contributed by atoms with van der Waals surface area (Å²) in [6.07, 6.45) is 0. The van der Waals surface area contributed by atoms with Gasteiger partial charge in [-0.1, -0.05) is 12.1 Å². The molecule has 0 atom stereocenters. The van der Waals surface area contributed by atoms with Crippen LogP contribution in [0.3, 0.4) is 0 Å². The van der Waals surface area contributed by atoms with Gasteiger partial charge in [0.15, 0.2) is 11.6 Å². The molecular weight excluding hydrogens is 336 g/mol. The van der Waals surface area contributed by atoms with E-state index in [2.05, 4.69) is 4.98 Å². The number of methoxy groups -OCH3 is 1. The molecule has 0 radical (unpaired) electrons. The number of hydrogen-bond acceptors (Lipinski definition) is 5. The third-order valence-electron chi connectivity index (χ3n) is 3.58. The van der Waals surface area contributed by atoms with Crippen molar-refractivity contribution < 1.29 is 23.2 Å². The average Bonchev–Trinajstić information content (AvgIpc) is 2.98. The predicted molar refractivity (Wildman–Crippen MR) is 85.0 cm³/mol. The molecule has 0 N–H and O–H groups in total. The number of ether oxygens (including phenoxy) is 2. The van der Waals surface area contributed by atoms with E-state index in [0.29, 0.717) is 11.3 Å². The van der Waals surface area contributed by atoms with Crippen molar-refractivity contribution in [1.29, 1.82) is 0 Å². The van der Waals surface area contributed by atoms with Gasteiger partial charge in [0.05, 0.1) is 29.1 Å². The van der Waals surface area contributed by atoms with E-state index in [1.807, 2.05) is 0 Å². The van der Waals surface area contributed by atoms with Gasteiger partial charge >= 0.3 is 12.2 Å². The second kappa shape index (κ2) is 6.71. The molecule has 7 nitrogen and oxygen atoms in total. The number of nitro groups is 1. The minimum atomic E-state index is -2.81. The number of nitro benzene ring substituents is 1. The quantitative estimate of drug-likeness (QED) is 0.498. The highest BCUT2D eigenvalue weighted by Gasteiger charge is 2.21. The van der Waals surface area contributed by atoms with Crippen LogP contribution in [0.5, 0.6) is 11.5 Å². The highest BCUT2D eigenvalue weighted by atomic mass is 19.3. The summed E-state index contributed by atoms with van der Waals surface area (Å²) in [6.45, 7) is -3.15. The molecule has 25 heavy (non-hydrogen) atoms. The molecule has 3 aromatic rings. The number of para-hydroxylation sites is 2. The summed E-state index contributed by atoms with van der Waals surface area (Å²) >= 11 is 0. The van der Waals surface area contributed by atoms with Crippen molar-refractivity contribution in [3.8, 4) is 11.5 Å². The lowest BCUT2D eigenvalue weighted by Gasteiger charge is -2.10. The fourth-order valence-corrected chi connectivity index (χ4v) is 2.45. The molecule has 0 spiro atoms. The number of aromatic nitrogens is 2. The SMILES string of the molecule is COc1ccc(OCc2nc3ccccc3n2C(F)F)c([N+](=O)[O-])c1. The van der Waals surface area contributed by atoms with Gasteiger partial charge < -0.3 is 9.47 Å². The molecule has 0 aliphatic heterocycles. The molecule has 0 fully saturated rings. The summed E-state index contributed by atoms with van der Waals surface area (Å²) in [6, 6.07) is 10.5. The molecule has 0 aliphatic rings. The maximum atomic E-state index is 13.4. The molecule has 2 aromatic carbocycles. The Morgan fingerprint density at radius 2 is 2.04 bits per heavy atom. The standard InChI is InChI=1S/C16H13F2N3O4/c1-24-10-6-7-14(13(8-10)21(22)23)25-9-15-19-11-4-2-3-5-12(11)20(15)16(17)18/h2-8,16H,9H2,1H3. The van der Waals surface area contributed by atoms with Gasteiger partial charge in [-0.3, -0.25) is 14.7 Å². The molecule has 1 aromatic heterocycles. The topological polar surface area (TPSA) is 79.4 Å². The molecule has 0 aliphatic carbocycles. The van der Waals surface area contributed by atoms with Crippen LogP contribution in [-0.4, -0.2) is 21.6 Å². The Morgan fingerprint density at radius 3 is 2.72 bits per heavy atom. The number of benzene rings is 2. The van der Waals surface area contributed by atoms with E-state index in [0.717, 1.165) is 4.57 Å². The maximum absolute atomic E-state index is 13.4. The Balaban J connectivity index is 1.93. The summed E-state index contributed by atoms with van der Waals surface area (Å²) in [5.41, 5.74) is 0.338. The second-order valence-electron chi connectivity index (χ2n) is 5.04. The number of rotatable bonds is 6. The summed E-state index contributed by atoms with van der Waals surface area (Å²) < 4.78 is 37.8. The fraction of sp³-hybridized carbons (Fsp3) is 0.188. The average molecular weight is 349 g/mol. The van der Waals surface area contributed by atoms with E-state index in [1.54, 1.807) is 18.2 Å². The maximum Gasteiger partial charge on any atom is 0.320 e. The summed E-state index contributed by atoms with van der Waals surface area (Å²) in [5.74, 6) is 0.207. The Labute approximate surface area is 140 Å². The molecular formula is C16H13F2N3O4. The molecule has 0 amide bonds. The number of hydrogen-bond donors (Lipinski definition) is 0. The molecule has 9 heteroatoms. The van der Waals surface area contributed by atoms with Gasteiger partial charge in [0.25, 0.3) is 0 Å². The highest BCUT2D eigenvalue weighted by Crippen LogP contribution is 2.32. The van der Waals surface area contributed by atoms with Gasteiger partial charge in [-0.2, -0.15) is 8.78 Å². The first-order valence-corrected chi connectivity index (χ1v) is 7.20. The molecule has 0 bridgehead atoms. The van der Waals surface area contributed by atoms with Crippen LogP contribution in [0.15, 0.2) is 42.5 Å². The van der Waals surface area contributed by atoms with Crippen LogP contribution in [0.1, 0.15) is 12.4 Å². The minimum absolute atomic E-state index is 0.0266. The van der Waals surface area contributed by atoms with E-state index in [9.17, 15) is 18.9 Å². The van der Waals surface area contributed by atoms with Crippen LogP contribution < -0.4 is 9.47 Å². The Morgan fingerprint density at radius 1 is 1.28 bits per heavy atom. The molecule has 0 unspecified atom stereocenters. The predicted octanol–water partition coefficient (Wildman–Crippen LogP) is 3.93. The van der Waals surface area contributed by atoms with Crippen LogP contribution in [0, 0.1) is 10.1 Å². The first-order chi connectivity index (χ1) is 12.0. The van der Waals surface area contributed by atoms with Crippen molar-refractivity contribution in [2.45, 2.75) is 13.2 Å². The molecule has 130 valence electrons. The Hall–Kier alpha value is -3.23. The molecule has 3 rings (SSSR count). The zero-order valence-corrected chi connectivity index (χ0v) is 13.1. The lowest BCUT2D eigenvalue weighted by molar-refractivity contribution is -0.386. The molecule has 1 heterocycles. The smallest absolute Gasteiger partial charge is 0.320 e. The fourth-order valence-electron chi connectivity index (χ4n) is 2.45. The van der Waals surface area contributed by atoms with Gasteiger partial charge in [-0.15, -0.1) is 0 Å². The zero-order chi connectivity index (χ0) is 18.0. The van der Waals surface area contributed by atoms with E-state index in [-0.39, 0.29) is 29.4 Å². The van der Waals surface area contributed by atoms with Crippen LogP contribution in [0.25, 0.3) is 11.0 Å². The number of nitrogens with zero attached hydrogens (tertiary/aromatic N) is 3. The third-order valence-corrected chi connectivity index (χ3v) is 3.58. The van der Waals surface area contributed by atoms with Crippen molar-refractivity contribution in [3.63, 3.8) is 0 Å². The lowest BCUT2D eigenvalue weighted by Crippen LogP contribution is -2.08. The normalized spacial score (nSPS) is 11.0. The highest BCUT2D eigenvalue weighted by molar-refractivity contribution is 5.75. The van der Waals surface area contributed by atoms with E-state index < -0.39 is 11.5 Å². The van der Waals surface area contributed by atoms with Gasteiger partial charge in [0.2, 0.25) is 0 Å². The number of imidazole rings is 1. The van der Waals surface area contributed by atoms with Crippen LogP contribution in [0.2, 0.25) is 0 Å². The van der Waals surface area contributed by atoms with E-state index in [1.165, 1.54) is 31.4 Å². The summed E-state index contributed by atoms with van der Waals surface area (Å²) in [4.78, 5) is 14.6. The van der Waals surface area contributed by atoms with Crippen molar-refractivity contribution in [1.82, 2.24) is 9.55 Å². The van der Waals surface area contributed by atoms with E-state index >= 15 is 0 Å². The van der Waals surface area contributed by atoms with Gasteiger partial charge in [-0.25, -0.2) is 4.98 Å². The molecule has 0 saturated heterocycles. The monoisotopic (exact) mass is 349 g/mol. The van der Waals surface area contributed by atoms with Gasteiger partial charge in [0.1, 0.15) is 12.4 Å². The first kappa shape index (κ1) is 16.6. The molecule has 0 saturated carbocycles. The van der Waals surface area contributed by atoms with Crippen LogP contribution >= 0.6 is 0 Å². The van der Waals surface area contributed by atoms with E-state index in [4.69, 9.17) is 9.47 Å². The van der Waals surface area contributed by atoms with Crippen molar-refractivity contribution >= 4 is 16.7 Å².